The third kappa shape index (κ3) is 4.33. The number of nitrogens with zero attached hydrogens (tertiary/aromatic N) is 3. The van der Waals surface area contributed by atoms with Crippen molar-refractivity contribution in [2.75, 3.05) is 44.8 Å². The van der Waals surface area contributed by atoms with Crippen molar-refractivity contribution < 1.29 is 14.3 Å². The predicted octanol–water partition coefficient (Wildman–Crippen LogP) is 4.30. The standard InChI is InChI=1S/C28H30N4O3/c1-2-32-24-6-4-3-5-22(24)23-16-21(8-9-25(23)32)29-28(33)18-31-13-11-30(12-14-31)17-20-7-10-26-27(15-20)35-19-34-26/h3-10,15-16H,2,11-14,17-19H2,1H3,(H,29,33). The molecule has 1 aromatic heterocycles. The summed E-state index contributed by atoms with van der Waals surface area (Å²) in [5, 5.41) is 5.52. The molecule has 6 rings (SSSR count). The largest absolute Gasteiger partial charge is 0.454 e. The van der Waals surface area contributed by atoms with E-state index in [9.17, 15) is 4.79 Å². The molecule has 0 spiro atoms. The number of aryl methyl sites for hydroxylation is 1. The number of anilines is 1. The highest BCUT2D eigenvalue weighted by molar-refractivity contribution is 6.09. The van der Waals surface area contributed by atoms with Gasteiger partial charge in [0.1, 0.15) is 0 Å². The third-order valence-electron chi connectivity index (χ3n) is 7.05. The van der Waals surface area contributed by atoms with Crippen LogP contribution < -0.4 is 14.8 Å². The first-order valence-corrected chi connectivity index (χ1v) is 12.3. The molecular weight excluding hydrogens is 440 g/mol. The molecule has 1 amide bonds. The fraction of sp³-hybridized carbons (Fsp3) is 0.321. The van der Waals surface area contributed by atoms with Gasteiger partial charge in [-0.25, -0.2) is 0 Å². The minimum absolute atomic E-state index is 0.0350. The van der Waals surface area contributed by atoms with Gasteiger partial charge in [0.05, 0.1) is 6.54 Å². The third-order valence-corrected chi connectivity index (χ3v) is 7.05. The van der Waals surface area contributed by atoms with Crippen LogP contribution in [-0.2, 0) is 17.9 Å². The van der Waals surface area contributed by atoms with Crippen LogP contribution in [0.15, 0.2) is 60.7 Å². The number of hydrogen-bond donors (Lipinski definition) is 1. The molecule has 0 unspecified atom stereocenters. The Morgan fingerprint density at radius 1 is 0.857 bits per heavy atom. The molecule has 180 valence electrons. The summed E-state index contributed by atoms with van der Waals surface area (Å²) in [5.74, 6) is 1.68. The van der Waals surface area contributed by atoms with Crippen LogP contribution in [0.1, 0.15) is 12.5 Å². The lowest BCUT2D eigenvalue weighted by molar-refractivity contribution is -0.117. The molecule has 1 saturated heterocycles. The van der Waals surface area contributed by atoms with Gasteiger partial charge in [0.15, 0.2) is 11.5 Å². The first-order valence-electron chi connectivity index (χ1n) is 12.3. The van der Waals surface area contributed by atoms with Crippen molar-refractivity contribution in [2.45, 2.75) is 20.0 Å². The SMILES string of the molecule is CCn1c2ccccc2c2cc(NC(=O)CN3CCN(Cc4ccc5c(c4)OCO5)CC3)ccc21. The normalized spacial score (nSPS) is 16.3. The molecule has 0 aliphatic carbocycles. The zero-order valence-corrected chi connectivity index (χ0v) is 20.0. The Hall–Kier alpha value is -3.55. The number of ether oxygens (including phenoxy) is 2. The van der Waals surface area contributed by atoms with Gasteiger partial charge in [-0.3, -0.25) is 14.6 Å². The van der Waals surface area contributed by atoms with Crippen LogP contribution in [-0.4, -0.2) is 59.8 Å². The van der Waals surface area contributed by atoms with E-state index in [1.54, 1.807) is 0 Å². The summed E-state index contributed by atoms with van der Waals surface area (Å²) in [6, 6.07) is 20.8. The van der Waals surface area contributed by atoms with Crippen molar-refractivity contribution in [3.8, 4) is 11.5 Å². The van der Waals surface area contributed by atoms with Crippen molar-refractivity contribution in [1.29, 1.82) is 0 Å². The van der Waals surface area contributed by atoms with Gasteiger partial charge < -0.3 is 19.4 Å². The molecule has 2 aliphatic rings. The number of amides is 1. The molecule has 1 N–H and O–H groups in total. The fourth-order valence-corrected chi connectivity index (χ4v) is 5.28. The van der Waals surface area contributed by atoms with E-state index in [4.69, 9.17) is 9.47 Å². The number of benzene rings is 3. The first-order chi connectivity index (χ1) is 17.2. The van der Waals surface area contributed by atoms with Gasteiger partial charge in [-0.1, -0.05) is 24.3 Å². The minimum atomic E-state index is 0.0350. The average Bonchev–Trinajstić information content (AvgIpc) is 3.47. The Morgan fingerprint density at radius 3 is 2.49 bits per heavy atom. The Bertz CT molecular complexity index is 1390. The molecule has 2 aliphatic heterocycles. The molecule has 7 heteroatoms. The molecule has 35 heavy (non-hydrogen) atoms. The summed E-state index contributed by atoms with van der Waals surface area (Å²) >= 11 is 0. The van der Waals surface area contributed by atoms with E-state index in [0.29, 0.717) is 13.3 Å². The second-order valence-electron chi connectivity index (χ2n) is 9.28. The van der Waals surface area contributed by atoms with Gasteiger partial charge in [-0.05, 0) is 48.9 Å². The van der Waals surface area contributed by atoms with Crippen molar-refractivity contribution in [1.82, 2.24) is 14.4 Å². The zero-order valence-electron chi connectivity index (χ0n) is 20.0. The Kier molecular flexibility index (Phi) is 5.80. The maximum atomic E-state index is 12.8. The van der Waals surface area contributed by atoms with Gasteiger partial charge in [-0.2, -0.15) is 0 Å². The van der Waals surface area contributed by atoms with Gasteiger partial charge in [0, 0.05) is 66.8 Å². The number of carbonyl (C=O) groups excluding carboxylic acids is 1. The number of nitrogens with one attached hydrogen (secondary N) is 1. The Balaban J connectivity index is 1.05. The van der Waals surface area contributed by atoms with Gasteiger partial charge in [0.25, 0.3) is 0 Å². The lowest BCUT2D eigenvalue weighted by atomic mass is 10.1. The van der Waals surface area contributed by atoms with Crippen molar-refractivity contribution in [2.24, 2.45) is 0 Å². The molecule has 3 aromatic carbocycles. The van der Waals surface area contributed by atoms with Crippen molar-refractivity contribution in [3.63, 3.8) is 0 Å². The van der Waals surface area contributed by atoms with E-state index < -0.39 is 0 Å². The maximum Gasteiger partial charge on any atom is 0.238 e. The highest BCUT2D eigenvalue weighted by Gasteiger charge is 2.21. The number of hydrogen-bond acceptors (Lipinski definition) is 5. The maximum absolute atomic E-state index is 12.8. The van der Waals surface area contributed by atoms with E-state index in [1.165, 1.54) is 27.4 Å². The van der Waals surface area contributed by atoms with Crippen LogP contribution in [0.4, 0.5) is 5.69 Å². The molecule has 0 saturated carbocycles. The number of aromatic nitrogens is 1. The lowest BCUT2D eigenvalue weighted by Crippen LogP contribution is -2.48. The van der Waals surface area contributed by atoms with E-state index in [2.05, 4.69) is 75.1 Å². The molecule has 0 bridgehead atoms. The number of fused-ring (bicyclic) bond motifs is 4. The van der Waals surface area contributed by atoms with Gasteiger partial charge >= 0.3 is 0 Å². The summed E-state index contributed by atoms with van der Waals surface area (Å²) in [7, 11) is 0. The minimum Gasteiger partial charge on any atom is -0.454 e. The zero-order chi connectivity index (χ0) is 23.8. The van der Waals surface area contributed by atoms with Crippen LogP contribution in [0, 0.1) is 0 Å². The van der Waals surface area contributed by atoms with E-state index >= 15 is 0 Å². The summed E-state index contributed by atoms with van der Waals surface area (Å²) < 4.78 is 13.2. The van der Waals surface area contributed by atoms with E-state index in [-0.39, 0.29) is 5.91 Å². The monoisotopic (exact) mass is 470 g/mol. The van der Waals surface area contributed by atoms with Gasteiger partial charge in [-0.15, -0.1) is 0 Å². The molecule has 7 nitrogen and oxygen atoms in total. The fourth-order valence-electron chi connectivity index (χ4n) is 5.28. The van der Waals surface area contributed by atoms with Crippen LogP contribution >= 0.6 is 0 Å². The summed E-state index contributed by atoms with van der Waals surface area (Å²) in [6.07, 6.45) is 0. The summed E-state index contributed by atoms with van der Waals surface area (Å²) in [5.41, 5.74) is 4.50. The smallest absolute Gasteiger partial charge is 0.238 e. The highest BCUT2D eigenvalue weighted by Crippen LogP contribution is 2.33. The average molecular weight is 471 g/mol. The number of rotatable bonds is 6. The molecule has 3 heterocycles. The quantitative estimate of drug-likeness (QED) is 0.455. The Labute approximate surface area is 204 Å². The van der Waals surface area contributed by atoms with Crippen molar-refractivity contribution in [3.05, 3.63) is 66.2 Å². The second-order valence-corrected chi connectivity index (χ2v) is 9.28. The molecule has 1 fully saturated rings. The van der Waals surface area contributed by atoms with Crippen LogP contribution in [0.5, 0.6) is 11.5 Å². The number of carbonyl (C=O) groups is 1. The topological polar surface area (TPSA) is 59.0 Å². The van der Waals surface area contributed by atoms with Crippen molar-refractivity contribution >= 4 is 33.4 Å². The number of piperazine rings is 1. The van der Waals surface area contributed by atoms with E-state index in [1.807, 2.05) is 12.1 Å². The molecule has 4 aromatic rings. The van der Waals surface area contributed by atoms with Crippen LogP contribution in [0.3, 0.4) is 0 Å². The second kappa shape index (κ2) is 9.24. The van der Waals surface area contributed by atoms with Crippen LogP contribution in [0.25, 0.3) is 21.8 Å². The number of para-hydroxylation sites is 1. The molecular formula is C28H30N4O3. The molecule has 0 atom stereocenters. The highest BCUT2D eigenvalue weighted by atomic mass is 16.7. The Morgan fingerprint density at radius 2 is 1.63 bits per heavy atom. The lowest BCUT2D eigenvalue weighted by Gasteiger charge is -2.34. The summed E-state index contributed by atoms with van der Waals surface area (Å²) in [6.45, 7) is 8.29. The van der Waals surface area contributed by atoms with E-state index in [0.717, 1.165) is 56.5 Å². The predicted molar refractivity (Wildman–Crippen MR) is 138 cm³/mol. The van der Waals surface area contributed by atoms with Crippen LogP contribution in [0.2, 0.25) is 0 Å². The summed E-state index contributed by atoms with van der Waals surface area (Å²) in [4.78, 5) is 17.5. The van der Waals surface area contributed by atoms with Gasteiger partial charge in [0.2, 0.25) is 12.7 Å². The molecule has 0 radical (unpaired) electrons. The first kappa shape index (κ1) is 21.9.